The Bertz CT molecular complexity index is 1580. The summed E-state index contributed by atoms with van der Waals surface area (Å²) in [5.41, 5.74) is 3.54. The van der Waals surface area contributed by atoms with Gasteiger partial charge in [0.15, 0.2) is 5.82 Å². The maximum atomic E-state index is 12.5. The number of aromatic nitrogens is 2. The van der Waals surface area contributed by atoms with Gasteiger partial charge in [0.1, 0.15) is 10.8 Å². The molecule has 0 radical (unpaired) electrons. The molecule has 0 bridgehead atoms. The van der Waals surface area contributed by atoms with Crippen molar-refractivity contribution in [1.82, 2.24) is 14.9 Å². The SMILES string of the molecule is C=CC(=O)Nc1cc(Nc2ncc(Cl)c(Nc3cccc(C)c3N(CC)S(C)(=O)=O)n2)c(OC)cc1N(C)CCN(C)C. The molecule has 0 fully saturated rings. The highest BCUT2D eigenvalue weighted by Gasteiger charge is 2.22. The summed E-state index contributed by atoms with van der Waals surface area (Å²) in [5, 5.41) is 9.42. The van der Waals surface area contributed by atoms with Crippen molar-refractivity contribution in [3.8, 4) is 5.75 Å². The van der Waals surface area contributed by atoms with E-state index in [-0.39, 0.29) is 29.2 Å². The molecule has 14 heteroatoms. The van der Waals surface area contributed by atoms with Crippen LogP contribution in [0.15, 0.2) is 49.2 Å². The van der Waals surface area contributed by atoms with E-state index in [1.165, 1.54) is 16.6 Å². The third kappa shape index (κ3) is 8.49. The van der Waals surface area contributed by atoms with Crippen LogP contribution in [0.1, 0.15) is 12.5 Å². The molecular formula is C29H39ClN8O4S. The van der Waals surface area contributed by atoms with Crippen molar-refractivity contribution in [2.45, 2.75) is 13.8 Å². The third-order valence-electron chi connectivity index (χ3n) is 6.47. The predicted octanol–water partition coefficient (Wildman–Crippen LogP) is 4.84. The third-order valence-corrected chi connectivity index (χ3v) is 7.99. The number of halogens is 1. The van der Waals surface area contributed by atoms with Crippen LogP contribution >= 0.6 is 11.6 Å². The first kappa shape index (κ1) is 33.4. The number of anilines is 7. The largest absolute Gasteiger partial charge is 0.494 e. The van der Waals surface area contributed by atoms with Crippen LogP contribution in [0.3, 0.4) is 0 Å². The summed E-state index contributed by atoms with van der Waals surface area (Å²) in [6.07, 6.45) is 3.79. The summed E-state index contributed by atoms with van der Waals surface area (Å²) in [6, 6.07) is 8.95. The first-order valence-corrected chi connectivity index (χ1v) is 15.7. The number of hydrogen-bond donors (Lipinski definition) is 3. The Hall–Kier alpha value is -4.07. The first-order chi connectivity index (χ1) is 20.3. The number of likely N-dealkylation sites (N-methyl/N-ethyl adjacent to an activating group) is 2. The van der Waals surface area contributed by atoms with Gasteiger partial charge in [-0.25, -0.2) is 13.4 Å². The number of amides is 1. The Morgan fingerprint density at radius 2 is 1.84 bits per heavy atom. The van der Waals surface area contributed by atoms with Gasteiger partial charge < -0.3 is 30.5 Å². The lowest BCUT2D eigenvalue weighted by atomic mass is 10.1. The van der Waals surface area contributed by atoms with Gasteiger partial charge >= 0.3 is 0 Å². The molecule has 0 aliphatic rings. The highest BCUT2D eigenvalue weighted by molar-refractivity contribution is 7.92. The number of para-hydroxylation sites is 1. The predicted molar refractivity (Wildman–Crippen MR) is 176 cm³/mol. The molecule has 0 unspecified atom stereocenters. The van der Waals surface area contributed by atoms with Gasteiger partial charge in [-0.1, -0.05) is 30.3 Å². The van der Waals surface area contributed by atoms with Gasteiger partial charge in [-0.15, -0.1) is 0 Å². The van der Waals surface area contributed by atoms with E-state index in [0.29, 0.717) is 35.0 Å². The zero-order chi connectivity index (χ0) is 31.9. The highest BCUT2D eigenvalue weighted by atomic mass is 35.5. The molecule has 0 saturated heterocycles. The molecule has 232 valence electrons. The molecule has 2 aromatic carbocycles. The molecule has 0 aliphatic heterocycles. The number of aryl methyl sites for hydroxylation is 1. The fourth-order valence-electron chi connectivity index (χ4n) is 4.32. The lowest BCUT2D eigenvalue weighted by Gasteiger charge is -2.26. The molecular weight excluding hydrogens is 592 g/mol. The molecule has 12 nitrogen and oxygen atoms in total. The van der Waals surface area contributed by atoms with Crippen LogP contribution < -0.4 is 29.9 Å². The van der Waals surface area contributed by atoms with Gasteiger partial charge in [0.05, 0.1) is 48.0 Å². The summed E-state index contributed by atoms with van der Waals surface area (Å²) in [4.78, 5) is 25.2. The van der Waals surface area contributed by atoms with Crippen LogP contribution in [0.25, 0.3) is 0 Å². The van der Waals surface area contributed by atoms with E-state index in [1.807, 2.05) is 51.2 Å². The topological polar surface area (TPSA) is 132 Å². The van der Waals surface area contributed by atoms with E-state index < -0.39 is 10.0 Å². The Kier molecular flexibility index (Phi) is 11.2. The Morgan fingerprint density at radius 1 is 1.12 bits per heavy atom. The molecule has 43 heavy (non-hydrogen) atoms. The zero-order valence-electron chi connectivity index (χ0n) is 25.5. The number of benzene rings is 2. The van der Waals surface area contributed by atoms with Crippen LogP contribution in [0.5, 0.6) is 5.75 Å². The quantitative estimate of drug-likeness (QED) is 0.213. The summed E-state index contributed by atoms with van der Waals surface area (Å²) in [6.45, 7) is 8.90. The van der Waals surface area contributed by atoms with Gasteiger partial charge in [0.25, 0.3) is 0 Å². The molecule has 0 aliphatic carbocycles. The summed E-state index contributed by atoms with van der Waals surface area (Å²) in [5.74, 6) is 0.570. The molecule has 0 atom stereocenters. The fraction of sp³-hybridized carbons (Fsp3) is 0.345. The van der Waals surface area contributed by atoms with Crippen LogP contribution in [-0.4, -0.2) is 83.3 Å². The second-order valence-electron chi connectivity index (χ2n) is 10.0. The van der Waals surface area contributed by atoms with Crippen molar-refractivity contribution in [2.24, 2.45) is 0 Å². The minimum absolute atomic E-state index is 0.185. The number of methoxy groups -OCH3 is 1. The van der Waals surface area contributed by atoms with Crippen LogP contribution in [0, 0.1) is 6.92 Å². The standard InChI is InChI=1S/C29H39ClN8O4S/c1-9-26(39)32-22-16-23(25(42-7)17-24(22)37(6)15-14-36(4)5)34-29-31-18-20(30)28(35-29)33-21-13-11-12-19(3)27(21)38(10-2)43(8,40)41/h9,11-13,16-18H,1,10,14-15H2,2-8H3,(H,32,39)(H2,31,33,34,35). The molecule has 3 rings (SSSR count). The maximum Gasteiger partial charge on any atom is 0.247 e. The Balaban J connectivity index is 2.03. The number of carbonyl (C=O) groups excluding carboxylic acids is 1. The minimum Gasteiger partial charge on any atom is -0.494 e. The van der Waals surface area contributed by atoms with Crippen LogP contribution in [0.4, 0.5) is 40.2 Å². The van der Waals surface area contributed by atoms with Gasteiger partial charge in [-0.05, 0) is 51.7 Å². The minimum atomic E-state index is -3.55. The molecule has 1 amide bonds. The van der Waals surface area contributed by atoms with Crippen LogP contribution in [0.2, 0.25) is 5.02 Å². The Labute approximate surface area is 258 Å². The average Bonchev–Trinajstić information content (AvgIpc) is 2.94. The van der Waals surface area contributed by atoms with Gasteiger partial charge in [0, 0.05) is 32.7 Å². The van der Waals surface area contributed by atoms with E-state index in [9.17, 15) is 13.2 Å². The number of ether oxygens (including phenoxy) is 1. The second kappa shape index (κ2) is 14.4. The zero-order valence-corrected chi connectivity index (χ0v) is 27.1. The summed E-state index contributed by atoms with van der Waals surface area (Å²) in [7, 11) is 3.90. The molecule has 1 heterocycles. The molecule has 3 N–H and O–H groups in total. The molecule has 3 aromatic rings. The lowest BCUT2D eigenvalue weighted by Crippen LogP contribution is -2.30. The fourth-order valence-corrected chi connectivity index (χ4v) is 5.50. The van der Waals surface area contributed by atoms with E-state index in [0.717, 1.165) is 24.1 Å². The normalized spacial score (nSPS) is 11.2. The van der Waals surface area contributed by atoms with E-state index in [2.05, 4.69) is 37.4 Å². The Morgan fingerprint density at radius 3 is 2.44 bits per heavy atom. The van der Waals surface area contributed by atoms with Crippen molar-refractivity contribution >= 4 is 67.7 Å². The van der Waals surface area contributed by atoms with Crippen LogP contribution in [-0.2, 0) is 14.8 Å². The van der Waals surface area contributed by atoms with Crippen molar-refractivity contribution in [3.05, 3.63) is 59.8 Å². The second-order valence-corrected chi connectivity index (χ2v) is 12.3. The molecule has 0 spiro atoms. The van der Waals surface area contributed by atoms with Crippen molar-refractivity contribution in [2.75, 3.05) is 79.3 Å². The molecule has 1 aromatic heterocycles. The number of nitrogens with zero attached hydrogens (tertiary/aromatic N) is 5. The monoisotopic (exact) mass is 630 g/mol. The lowest BCUT2D eigenvalue weighted by molar-refractivity contribution is -0.111. The summed E-state index contributed by atoms with van der Waals surface area (Å²) < 4.78 is 32.1. The maximum absolute atomic E-state index is 12.5. The number of carbonyl (C=O) groups is 1. The smallest absolute Gasteiger partial charge is 0.247 e. The van der Waals surface area contributed by atoms with E-state index in [4.69, 9.17) is 16.3 Å². The van der Waals surface area contributed by atoms with Gasteiger partial charge in [0.2, 0.25) is 21.9 Å². The van der Waals surface area contributed by atoms with E-state index >= 15 is 0 Å². The van der Waals surface area contributed by atoms with Gasteiger partial charge in [-0.3, -0.25) is 9.10 Å². The molecule has 0 saturated carbocycles. The van der Waals surface area contributed by atoms with Gasteiger partial charge in [-0.2, -0.15) is 4.98 Å². The number of hydrogen-bond acceptors (Lipinski definition) is 10. The number of rotatable bonds is 14. The van der Waals surface area contributed by atoms with E-state index in [1.54, 1.807) is 26.2 Å². The average molecular weight is 631 g/mol. The number of nitrogens with one attached hydrogen (secondary N) is 3. The van der Waals surface area contributed by atoms with Crippen molar-refractivity contribution in [3.63, 3.8) is 0 Å². The highest BCUT2D eigenvalue weighted by Crippen LogP contribution is 2.39. The first-order valence-electron chi connectivity index (χ1n) is 13.4. The number of sulfonamides is 1. The van der Waals surface area contributed by atoms with Crippen molar-refractivity contribution in [1.29, 1.82) is 0 Å². The van der Waals surface area contributed by atoms with Crippen molar-refractivity contribution < 1.29 is 17.9 Å². The summed E-state index contributed by atoms with van der Waals surface area (Å²) >= 11 is 6.47.